The summed E-state index contributed by atoms with van der Waals surface area (Å²) < 4.78 is 40.3. The van der Waals surface area contributed by atoms with Gasteiger partial charge in [0.05, 0.1) is 28.0 Å². The number of nitrogens with two attached hydrogens (primary N) is 1. The van der Waals surface area contributed by atoms with E-state index in [-0.39, 0.29) is 16.4 Å². The van der Waals surface area contributed by atoms with E-state index in [0.29, 0.717) is 16.0 Å². The quantitative estimate of drug-likeness (QED) is 0.648. The lowest BCUT2D eigenvalue weighted by Gasteiger charge is -2.38. The first-order valence-corrected chi connectivity index (χ1v) is 11.9. The molecule has 1 aromatic carbocycles. The zero-order chi connectivity index (χ0) is 22.4. The van der Waals surface area contributed by atoms with E-state index in [1.807, 2.05) is 0 Å². The van der Waals surface area contributed by atoms with Gasteiger partial charge in [0.25, 0.3) is 0 Å². The molecule has 2 atom stereocenters. The molecule has 0 radical (unpaired) electrons. The van der Waals surface area contributed by atoms with E-state index in [2.05, 4.69) is 16.0 Å². The minimum atomic E-state index is -3.89. The molecule has 158 valence electrons. The average Bonchev–Trinajstić information content (AvgIpc) is 3.15. The molecule has 2 aromatic heterocycles. The van der Waals surface area contributed by atoms with E-state index < -0.39 is 31.7 Å². The number of pyridine rings is 1. The number of hydrogen-bond donors (Lipinski definition) is 1. The van der Waals surface area contributed by atoms with E-state index in [1.165, 1.54) is 19.2 Å². The third-order valence-corrected chi connectivity index (χ3v) is 9.57. The van der Waals surface area contributed by atoms with Gasteiger partial charge in [0.2, 0.25) is 0 Å². The zero-order valence-corrected chi connectivity index (χ0v) is 18.5. The molecule has 1 aliphatic rings. The minimum absolute atomic E-state index is 0.124. The molecule has 2 N–H and O–H groups in total. The Hall–Kier alpha value is -3.09. The third kappa shape index (κ3) is 3.32. The van der Waals surface area contributed by atoms with Crippen molar-refractivity contribution in [2.75, 3.05) is 5.75 Å². The summed E-state index contributed by atoms with van der Waals surface area (Å²) in [6, 6.07) is 15.2. The minimum Gasteiger partial charge on any atom is -0.386 e. The van der Waals surface area contributed by atoms with Crippen molar-refractivity contribution in [2.24, 2.45) is 10.7 Å². The number of aliphatic imine (C=N–C) groups is 1. The van der Waals surface area contributed by atoms with Gasteiger partial charge in [-0.05, 0) is 49.7 Å². The van der Waals surface area contributed by atoms with Crippen LogP contribution in [0.4, 0.5) is 4.39 Å². The topological polar surface area (TPSA) is 109 Å². The summed E-state index contributed by atoms with van der Waals surface area (Å²) in [4.78, 5) is 9.44. The van der Waals surface area contributed by atoms with Crippen molar-refractivity contribution in [3.8, 4) is 16.5 Å². The Morgan fingerprint density at radius 1 is 1.19 bits per heavy atom. The lowest BCUT2D eigenvalue weighted by molar-refractivity contribution is 0.482. The number of aromatic nitrogens is 1. The fraction of sp³-hybridized carbons (Fsp3) is 0.227. The normalized spacial score (nSPS) is 24.9. The lowest BCUT2D eigenvalue weighted by atomic mass is 9.99. The molecule has 0 fully saturated rings. The van der Waals surface area contributed by atoms with Crippen LogP contribution in [0, 0.1) is 17.1 Å². The van der Waals surface area contributed by atoms with Crippen LogP contribution in [0.3, 0.4) is 0 Å². The molecule has 3 aromatic rings. The van der Waals surface area contributed by atoms with Crippen molar-refractivity contribution in [1.82, 2.24) is 4.98 Å². The molecule has 31 heavy (non-hydrogen) atoms. The Kier molecular flexibility index (Phi) is 4.95. The SMILES string of the molecule is C[C@@]1(c2ccccn2)C(N)=N[C@](C)(c2sc(-c3cccc(C#N)c3)cc2F)CS1(=O)=O. The van der Waals surface area contributed by atoms with Crippen LogP contribution in [0.2, 0.25) is 0 Å². The first kappa shape index (κ1) is 21.2. The smallest absolute Gasteiger partial charge is 0.171 e. The molecule has 3 heterocycles. The molecule has 0 unspecified atom stereocenters. The number of nitriles is 1. The predicted molar refractivity (Wildman–Crippen MR) is 119 cm³/mol. The maximum absolute atomic E-state index is 15.0. The van der Waals surface area contributed by atoms with Crippen molar-refractivity contribution in [3.63, 3.8) is 0 Å². The summed E-state index contributed by atoms with van der Waals surface area (Å²) in [5.74, 6) is -1.10. The van der Waals surface area contributed by atoms with E-state index >= 15 is 4.39 Å². The van der Waals surface area contributed by atoms with Crippen LogP contribution in [0.5, 0.6) is 0 Å². The molecule has 0 bridgehead atoms. The first-order chi connectivity index (χ1) is 14.6. The summed E-state index contributed by atoms with van der Waals surface area (Å²) in [6.07, 6.45) is 1.50. The second kappa shape index (κ2) is 7.25. The summed E-state index contributed by atoms with van der Waals surface area (Å²) in [6.45, 7) is 3.05. The Morgan fingerprint density at radius 3 is 2.61 bits per heavy atom. The van der Waals surface area contributed by atoms with Crippen LogP contribution < -0.4 is 5.73 Å². The molecular formula is C22H19FN4O2S2. The highest BCUT2D eigenvalue weighted by Gasteiger charge is 2.54. The summed E-state index contributed by atoms with van der Waals surface area (Å²) in [5, 5.41) is 9.12. The standard InChI is InChI=1S/C22H19FN4O2S2/c1-21(19-16(23)11-17(30-19)15-7-5-6-14(10-15)12-24)13-31(28,29)22(2,20(25)27-21)18-8-3-4-9-26-18/h3-11H,13H2,1-2H3,(H2,25,27)/t21-,22+/m0/s1. The van der Waals surface area contributed by atoms with Crippen LogP contribution in [-0.2, 0) is 20.1 Å². The number of benzene rings is 1. The van der Waals surface area contributed by atoms with Crippen LogP contribution in [0.15, 0.2) is 59.7 Å². The molecular weight excluding hydrogens is 435 g/mol. The molecule has 6 nitrogen and oxygen atoms in total. The molecule has 0 amide bonds. The largest absolute Gasteiger partial charge is 0.386 e. The molecule has 4 rings (SSSR count). The van der Waals surface area contributed by atoms with Gasteiger partial charge in [-0.15, -0.1) is 11.3 Å². The fourth-order valence-electron chi connectivity index (χ4n) is 3.75. The van der Waals surface area contributed by atoms with Gasteiger partial charge in [0, 0.05) is 11.1 Å². The zero-order valence-electron chi connectivity index (χ0n) is 16.8. The number of thiophene rings is 1. The van der Waals surface area contributed by atoms with Crippen LogP contribution in [0.25, 0.3) is 10.4 Å². The predicted octanol–water partition coefficient (Wildman–Crippen LogP) is 3.74. The third-order valence-electron chi connectivity index (χ3n) is 5.55. The van der Waals surface area contributed by atoms with Crippen molar-refractivity contribution in [2.45, 2.75) is 24.1 Å². The Bertz CT molecular complexity index is 1350. The van der Waals surface area contributed by atoms with E-state index in [1.54, 1.807) is 49.4 Å². The second-order valence-corrected chi connectivity index (χ2v) is 11.1. The Morgan fingerprint density at radius 2 is 1.97 bits per heavy atom. The maximum Gasteiger partial charge on any atom is 0.171 e. The molecule has 1 aliphatic heterocycles. The summed E-state index contributed by atoms with van der Waals surface area (Å²) in [7, 11) is -3.89. The van der Waals surface area contributed by atoms with Crippen molar-refractivity contribution in [3.05, 3.63) is 76.7 Å². The van der Waals surface area contributed by atoms with Gasteiger partial charge in [-0.25, -0.2) is 12.8 Å². The van der Waals surface area contributed by atoms with E-state index in [9.17, 15) is 8.42 Å². The number of rotatable bonds is 3. The number of amidine groups is 1. The van der Waals surface area contributed by atoms with Gasteiger partial charge in [-0.2, -0.15) is 5.26 Å². The highest BCUT2D eigenvalue weighted by atomic mass is 32.2. The lowest BCUT2D eigenvalue weighted by Crippen LogP contribution is -2.54. The highest BCUT2D eigenvalue weighted by Crippen LogP contribution is 2.45. The summed E-state index contributed by atoms with van der Waals surface area (Å²) >= 11 is 1.11. The first-order valence-electron chi connectivity index (χ1n) is 9.41. The van der Waals surface area contributed by atoms with E-state index in [4.69, 9.17) is 11.0 Å². The van der Waals surface area contributed by atoms with Gasteiger partial charge in [-0.3, -0.25) is 9.98 Å². The second-order valence-electron chi connectivity index (χ2n) is 7.76. The van der Waals surface area contributed by atoms with Gasteiger partial charge in [-0.1, -0.05) is 18.2 Å². The Labute approximate surface area is 183 Å². The van der Waals surface area contributed by atoms with E-state index in [0.717, 1.165) is 11.3 Å². The fourth-order valence-corrected chi connectivity index (χ4v) is 7.00. The number of halogens is 1. The van der Waals surface area contributed by atoms with Crippen molar-refractivity contribution < 1.29 is 12.8 Å². The molecule has 0 saturated carbocycles. The van der Waals surface area contributed by atoms with Crippen molar-refractivity contribution in [1.29, 1.82) is 5.26 Å². The average molecular weight is 455 g/mol. The van der Waals surface area contributed by atoms with Crippen LogP contribution in [0.1, 0.15) is 30.0 Å². The molecule has 9 heteroatoms. The number of hydrogen-bond acceptors (Lipinski definition) is 7. The number of sulfone groups is 1. The van der Waals surface area contributed by atoms with Gasteiger partial charge < -0.3 is 5.73 Å². The molecule has 0 aliphatic carbocycles. The van der Waals surface area contributed by atoms with Crippen molar-refractivity contribution >= 4 is 27.0 Å². The van der Waals surface area contributed by atoms with Gasteiger partial charge in [0.1, 0.15) is 17.2 Å². The monoisotopic (exact) mass is 454 g/mol. The molecule has 0 saturated heterocycles. The molecule has 0 spiro atoms. The number of nitrogens with zero attached hydrogens (tertiary/aromatic N) is 3. The highest BCUT2D eigenvalue weighted by molar-refractivity contribution is 7.93. The maximum atomic E-state index is 15.0. The van der Waals surface area contributed by atoms with Crippen LogP contribution in [-0.4, -0.2) is 25.0 Å². The van der Waals surface area contributed by atoms with Gasteiger partial charge in [0.15, 0.2) is 14.6 Å². The Balaban J connectivity index is 1.83. The summed E-state index contributed by atoms with van der Waals surface area (Å²) in [5.41, 5.74) is 6.24. The van der Waals surface area contributed by atoms with Crippen LogP contribution >= 0.6 is 11.3 Å². The van der Waals surface area contributed by atoms with Gasteiger partial charge >= 0.3 is 0 Å².